The number of aromatic amines is 1. The summed E-state index contributed by atoms with van der Waals surface area (Å²) in [5.41, 5.74) is 9.84. The average molecular weight is 571 g/mol. The molecule has 0 aliphatic heterocycles. The summed E-state index contributed by atoms with van der Waals surface area (Å²) in [6, 6.07) is 7.12. The lowest BCUT2D eigenvalue weighted by Gasteiger charge is -2.27. The van der Waals surface area contributed by atoms with Crippen LogP contribution in [0.2, 0.25) is 0 Å². The number of nitrogens with zero attached hydrogens (tertiary/aromatic N) is 5. The molecule has 4 N–H and O–H groups in total. The van der Waals surface area contributed by atoms with Crippen molar-refractivity contribution < 1.29 is 9.13 Å². The molecule has 0 bridgehead atoms. The van der Waals surface area contributed by atoms with E-state index in [0.717, 1.165) is 28.2 Å². The molecule has 0 fully saturated rings. The summed E-state index contributed by atoms with van der Waals surface area (Å²) in [4.78, 5) is 14.0. The van der Waals surface area contributed by atoms with Crippen molar-refractivity contribution in [3.63, 3.8) is 0 Å². The molecule has 0 saturated heterocycles. The maximum Gasteiger partial charge on any atom is 0.176 e. The Balaban J connectivity index is 2.84. The van der Waals surface area contributed by atoms with Crippen LogP contribution in [0.15, 0.2) is 73.6 Å². The van der Waals surface area contributed by atoms with Crippen molar-refractivity contribution in [3.05, 3.63) is 70.3 Å². The molecular formula is C29H43FN8OS. The number of nitrogens with two attached hydrogens (primary N) is 1. The first-order valence-corrected chi connectivity index (χ1v) is 14.2. The van der Waals surface area contributed by atoms with Crippen LogP contribution in [0.1, 0.15) is 32.9 Å². The molecule has 0 amide bonds. The molecule has 0 saturated carbocycles. The van der Waals surface area contributed by atoms with E-state index in [4.69, 9.17) is 15.5 Å². The molecule has 1 aromatic heterocycles. The molecule has 0 unspecified atom stereocenters. The van der Waals surface area contributed by atoms with Crippen LogP contribution >= 0.6 is 11.8 Å². The Morgan fingerprint density at radius 2 is 1.98 bits per heavy atom. The summed E-state index contributed by atoms with van der Waals surface area (Å²) in [5, 5.41) is 10.6. The van der Waals surface area contributed by atoms with Crippen molar-refractivity contribution >= 4 is 35.3 Å². The summed E-state index contributed by atoms with van der Waals surface area (Å²) in [6.07, 6.45) is 5.86. The van der Waals surface area contributed by atoms with Gasteiger partial charge in [-0.1, -0.05) is 12.5 Å². The maximum absolute atomic E-state index is 15.4. The Labute approximate surface area is 242 Å². The van der Waals surface area contributed by atoms with Crippen molar-refractivity contribution in [1.29, 1.82) is 0 Å². The molecular weight excluding hydrogens is 527 g/mol. The van der Waals surface area contributed by atoms with Gasteiger partial charge in [-0.2, -0.15) is 5.10 Å². The number of aromatic nitrogens is 2. The molecule has 218 valence electrons. The van der Waals surface area contributed by atoms with Crippen LogP contribution in [0.3, 0.4) is 0 Å². The monoisotopic (exact) mass is 570 g/mol. The molecule has 0 aliphatic carbocycles. The topological polar surface area (TPSA) is 107 Å². The summed E-state index contributed by atoms with van der Waals surface area (Å²) >= 11 is 1.50. The number of likely N-dealkylation sites (N-methyl/N-ethyl adjacent to an activating group) is 1. The predicted octanol–water partition coefficient (Wildman–Crippen LogP) is 5.56. The highest BCUT2D eigenvalue weighted by molar-refractivity contribution is 7.98. The highest BCUT2D eigenvalue weighted by Gasteiger charge is 2.22. The molecule has 0 radical (unpaired) electrons. The Morgan fingerprint density at radius 1 is 1.25 bits per heavy atom. The third-order valence-corrected chi connectivity index (χ3v) is 6.90. The van der Waals surface area contributed by atoms with Gasteiger partial charge in [0, 0.05) is 60.4 Å². The van der Waals surface area contributed by atoms with Gasteiger partial charge in [-0.05, 0) is 65.7 Å². The highest BCUT2D eigenvalue weighted by atomic mass is 32.2. The van der Waals surface area contributed by atoms with Gasteiger partial charge in [0.05, 0.1) is 12.8 Å². The van der Waals surface area contributed by atoms with E-state index in [1.165, 1.54) is 18.0 Å². The molecule has 9 nitrogen and oxygen atoms in total. The zero-order chi connectivity index (χ0) is 29.8. The number of halogens is 1. The lowest BCUT2D eigenvalue weighted by atomic mass is 9.98. The number of allylic oxidation sites excluding steroid dienone is 2. The fourth-order valence-electron chi connectivity index (χ4n) is 3.95. The number of nitrogens with one attached hydrogen (secondary N) is 2. The van der Waals surface area contributed by atoms with E-state index in [1.807, 2.05) is 63.1 Å². The molecule has 2 aromatic rings. The number of benzene rings is 1. The van der Waals surface area contributed by atoms with Gasteiger partial charge in [-0.15, -0.1) is 11.8 Å². The number of ether oxygens (including phenoxy) is 1. The number of hydrogen-bond acceptors (Lipinski definition) is 8. The predicted molar refractivity (Wildman–Crippen MR) is 168 cm³/mol. The van der Waals surface area contributed by atoms with E-state index in [1.54, 1.807) is 32.5 Å². The average Bonchev–Trinajstić information content (AvgIpc) is 3.34. The van der Waals surface area contributed by atoms with E-state index in [-0.39, 0.29) is 5.82 Å². The first kappa shape index (κ1) is 32.6. The van der Waals surface area contributed by atoms with Gasteiger partial charge in [0.2, 0.25) is 0 Å². The molecule has 1 aromatic carbocycles. The van der Waals surface area contributed by atoms with Gasteiger partial charge >= 0.3 is 0 Å². The van der Waals surface area contributed by atoms with Crippen molar-refractivity contribution in [2.24, 2.45) is 15.7 Å². The van der Waals surface area contributed by atoms with E-state index >= 15 is 4.39 Å². The van der Waals surface area contributed by atoms with Crippen molar-refractivity contribution in [2.45, 2.75) is 39.0 Å². The lowest BCUT2D eigenvalue weighted by Crippen LogP contribution is -2.36. The maximum atomic E-state index is 15.4. The van der Waals surface area contributed by atoms with Crippen LogP contribution in [0, 0.1) is 12.7 Å². The molecule has 0 aliphatic rings. The second kappa shape index (κ2) is 15.9. The molecule has 1 heterocycles. The largest absolute Gasteiger partial charge is 0.492 e. The number of amidine groups is 1. The van der Waals surface area contributed by atoms with E-state index < -0.39 is 0 Å². The van der Waals surface area contributed by atoms with Gasteiger partial charge in [-0.25, -0.2) is 9.38 Å². The molecule has 11 heteroatoms. The minimum atomic E-state index is -0.316. The number of aliphatic imine (C=N–C) groups is 2. The lowest BCUT2D eigenvalue weighted by molar-refractivity contribution is 0.297. The minimum Gasteiger partial charge on any atom is -0.492 e. The SMILES string of the molecule is CC/C(C)=C(C(\C=NC)=C\N)/C(OC)=C(\N=C(/C)N(CCN(C)C)c1ccc(SC)cc1F)Nc1cc(C)[nH]n1. The van der Waals surface area contributed by atoms with Crippen LogP contribution in [-0.2, 0) is 4.74 Å². The highest BCUT2D eigenvalue weighted by Crippen LogP contribution is 2.30. The van der Waals surface area contributed by atoms with E-state index in [9.17, 15) is 0 Å². The minimum absolute atomic E-state index is 0.316. The smallest absolute Gasteiger partial charge is 0.176 e. The Morgan fingerprint density at radius 3 is 2.48 bits per heavy atom. The third kappa shape index (κ3) is 8.72. The van der Waals surface area contributed by atoms with Gasteiger partial charge in [0.15, 0.2) is 17.4 Å². The van der Waals surface area contributed by atoms with Gasteiger partial charge in [0.25, 0.3) is 0 Å². The van der Waals surface area contributed by atoms with Crippen molar-refractivity contribution in [1.82, 2.24) is 15.1 Å². The molecule has 40 heavy (non-hydrogen) atoms. The fourth-order valence-corrected chi connectivity index (χ4v) is 4.37. The zero-order valence-corrected chi connectivity index (χ0v) is 25.9. The molecule has 2 rings (SSSR count). The van der Waals surface area contributed by atoms with Crippen LogP contribution in [0.4, 0.5) is 15.9 Å². The first-order valence-electron chi connectivity index (χ1n) is 13.0. The van der Waals surface area contributed by atoms with Gasteiger partial charge in [0.1, 0.15) is 11.7 Å². The number of aryl methyl sites for hydroxylation is 1. The fraction of sp³-hybridized carbons (Fsp3) is 0.414. The van der Waals surface area contributed by atoms with Crippen LogP contribution in [0.25, 0.3) is 0 Å². The summed E-state index contributed by atoms with van der Waals surface area (Å²) in [6.45, 7) is 9.04. The number of thioether (sulfide) groups is 1. The summed E-state index contributed by atoms with van der Waals surface area (Å²) < 4.78 is 21.4. The quantitative estimate of drug-likeness (QED) is 0.0951. The molecule has 0 atom stereocenters. The Bertz CT molecular complexity index is 1290. The van der Waals surface area contributed by atoms with Crippen LogP contribution in [-0.4, -0.2) is 74.7 Å². The van der Waals surface area contributed by atoms with Gasteiger partial charge < -0.3 is 25.6 Å². The number of rotatable bonds is 13. The van der Waals surface area contributed by atoms with E-state index in [0.29, 0.717) is 47.6 Å². The second-order valence-electron chi connectivity index (χ2n) is 9.39. The third-order valence-electron chi connectivity index (χ3n) is 6.17. The number of hydrogen-bond donors (Lipinski definition) is 3. The standard InChI is InChI=1S/C29H43FN8OS/c1-10-19(2)27(22(17-31)18-32-5)28(39-8)29(34-26-15-20(3)35-36-26)33-21(4)38(14-13-37(6)7)25-12-11-23(40-9)16-24(25)30/h11-12,15-18H,10,13-14,31H2,1-9H3,(H2,34,35,36)/b22-17+,27-19+,29-28-,32-18?,33-21+. The Kier molecular flexibility index (Phi) is 13.0. The Hall–Kier alpha value is -3.57. The number of anilines is 2. The number of H-pyrrole nitrogens is 1. The zero-order valence-electron chi connectivity index (χ0n) is 25.1. The van der Waals surface area contributed by atoms with Gasteiger partial charge in [-0.3, -0.25) is 10.1 Å². The molecule has 0 spiro atoms. The normalized spacial score (nSPS) is 14.0. The second-order valence-corrected chi connectivity index (χ2v) is 10.3. The summed E-state index contributed by atoms with van der Waals surface area (Å²) in [7, 11) is 7.23. The van der Waals surface area contributed by atoms with Crippen LogP contribution in [0.5, 0.6) is 0 Å². The van der Waals surface area contributed by atoms with E-state index in [2.05, 4.69) is 27.4 Å². The van der Waals surface area contributed by atoms with Crippen molar-refractivity contribution in [2.75, 3.05) is 57.8 Å². The first-order chi connectivity index (χ1) is 19.1. The van der Waals surface area contributed by atoms with Crippen LogP contribution < -0.4 is 16.0 Å². The summed E-state index contributed by atoms with van der Waals surface area (Å²) in [5.74, 6) is 1.67. The van der Waals surface area contributed by atoms with Crippen molar-refractivity contribution in [3.8, 4) is 0 Å². The number of methoxy groups -OCH3 is 1.